The predicted octanol–water partition coefficient (Wildman–Crippen LogP) is 5.14. The first-order valence-electron chi connectivity index (χ1n) is 9.88. The van der Waals surface area contributed by atoms with E-state index in [1.54, 1.807) is 7.11 Å². The van der Waals surface area contributed by atoms with Gasteiger partial charge in [0, 0.05) is 28.8 Å². The highest BCUT2D eigenvalue weighted by molar-refractivity contribution is 7.80. The highest BCUT2D eigenvalue weighted by Crippen LogP contribution is 2.26. The molecule has 0 fully saturated rings. The van der Waals surface area contributed by atoms with Crippen LogP contribution in [0.2, 0.25) is 0 Å². The molecule has 0 unspecified atom stereocenters. The highest BCUT2D eigenvalue weighted by atomic mass is 32.1. The summed E-state index contributed by atoms with van der Waals surface area (Å²) >= 11 is 5.56. The molecule has 4 nitrogen and oxygen atoms in total. The van der Waals surface area contributed by atoms with Crippen LogP contribution >= 0.6 is 12.2 Å². The average molecular weight is 396 g/mol. The standard InChI is InChI=1S/C23H29N3OS/c1-5-16-8-7-9-17(6-2)22(16)26-23(28)24-13-12-19-15(3)25-21-11-10-18(27-4)14-20(19)21/h7-11,14,25H,5-6,12-13H2,1-4H3,(H2,24,26,28). The van der Waals surface area contributed by atoms with Crippen molar-refractivity contribution in [1.82, 2.24) is 10.3 Å². The lowest BCUT2D eigenvalue weighted by atomic mass is 10.0. The Bertz CT molecular complexity index is 955. The zero-order valence-electron chi connectivity index (χ0n) is 17.1. The molecule has 0 aliphatic rings. The molecule has 1 aromatic heterocycles. The molecule has 0 amide bonds. The largest absolute Gasteiger partial charge is 0.497 e. The second-order valence-electron chi connectivity index (χ2n) is 6.93. The molecule has 3 aromatic rings. The van der Waals surface area contributed by atoms with Gasteiger partial charge in [0.25, 0.3) is 0 Å². The van der Waals surface area contributed by atoms with Gasteiger partial charge in [0.15, 0.2) is 5.11 Å². The van der Waals surface area contributed by atoms with Gasteiger partial charge < -0.3 is 20.4 Å². The number of aromatic nitrogens is 1. The third-order valence-electron chi connectivity index (χ3n) is 5.22. The zero-order chi connectivity index (χ0) is 20.1. The first-order chi connectivity index (χ1) is 13.6. The molecular weight excluding hydrogens is 366 g/mol. The quantitative estimate of drug-likeness (QED) is 0.485. The number of aryl methyl sites for hydroxylation is 3. The van der Waals surface area contributed by atoms with Crippen molar-refractivity contribution in [2.24, 2.45) is 0 Å². The number of anilines is 1. The number of rotatable bonds is 7. The third kappa shape index (κ3) is 4.30. The van der Waals surface area contributed by atoms with Gasteiger partial charge in [0.1, 0.15) is 5.75 Å². The Kier molecular flexibility index (Phi) is 6.57. The van der Waals surface area contributed by atoms with Crippen LogP contribution in [-0.2, 0) is 19.3 Å². The Hall–Kier alpha value is -2.53. The van der Waals surface area contributed by atoms with Crippen LogP contribution in [0.3, 0.4) is 0 Å². The van der Waals surface area contributed by atoms with E-state index >= 15 is 0 Å². The monoisotopic (exact) mass is 395 g/mol. The number of H-pyrrole nitrogens is 1. The summed E-state index contributed by atoms with van der Waals surface area (Å²) < 4.78 is 5.38. The van der Waals surface area contributed by atoms with E-state index in [0.29, 0.717) is 5.11 Å². The number of fused-ring (bicyclic) bond motifs is 1. The number of aromatic amines is 1. The van der Waals surface area contributed by atoms with Gasteiger partial charge in [-0.15, -0.1) is 0 Å². The topological polar surface area (TPSA) is 49.1 Å². The number of hydrogen-bond donors (Lipinski definition) is 3. The van der Waals surface area contributed by atoms with Crippen LogP contribution in [0.4, 0.5) is 5.69 Å². The Morgan fingerprint density at radius 1 is 1.11 bits per heavy atom. The maximum Gasteiger partial charge on any atom is 0.170 e. The van der Waals surface area contributed by atoms with Crippen LogP contribution in [0.1, 0.15) is 36.2 Å². The van der Waals surface area contributed by atoms with Crippen molar-refractivity contribution in [3.63, 3.8) is 0 Å². The Balaban J connectivity index is 1.67. The van der Waals surface area contributed by atoms with Crippen molar-refractivity contribution in [2.45, 2.75) is 40.0 Å². The molecule has 0 aliphatic carbocycles. The maximum absolute atomic E-state index is 5.56. The Morgan fingerprint density at radius 2 is 1.82 bits per heavy atom. The summed E-state index contributed by atoms with van der Waals surface area (Å²) in [5.74, 6) is 0.876. The molecular formula is C23H29N3OS. The highest BCUT2D eigenvalue weighted by Gasteiger charge is 2.11. The smallest absolute Gasteiger partial charge is 0.170 e. The van der Waals surface area contributed by atoms with Crippen LogP contribution in [0.5, 0.6) is 5.75 Å². The van der Waals surface area contributed by atoms with E-state index in [9.17, 15) is 0 Å². The van der Waals surface area contributed by atoms with Gasteiger partial charge in [-0.1, -0.05) is 32.0 Å². The van der Waals surface area contributed by atoms with Gasteiger partial charge in [-0.3, -0.25) is 0 Å². The number of para-hydroxylation sites is 1. The first-order valence-corrected chi connectivity index (χ1v) is 10.3. The van der Waals surface area contributed by atoms with Gasteiger partial charge in [0.2, 0.25) is 0 Å². The summed E-state index contributed by atoms with van der Waals surface area (Å²) in [6.07, 6.45) is 2.85. The number of methoxy groups -OCH3 is 1. The Labute approximate surface area is 172 Å². The molecule has 0 spiro atoms. The van der Waals surface area contributed by atoms with Gasteiger partial charge in [-0.2, -0.15) is 0 Å². The van der Waals surface area contributed by atoms with Crippen LogP contribution in [0, 0.1) is 6.92 Å². The van der Waals surface area contributed by atoms with Crippen LogP contribution in [0.25, 0.3) is 10.9 Å². The Morgan fingerprint density at radius 3 is 2.46 bits per heavy atom. The molecule has 1 heterocycles. The fraction of sp³-hybridized carbons (Fsp3) is 0.348. The summed E-state index contributed by atoms with van der Waals surface area (Å²) in [7, 11) is 1.70. The van der Waals surface area contributed by atoms with Crippen LogP contribution in [-0.4, -0.2) is 23.8 Å². The van der Waals surface area contributed by atoms with Gasteiger partial charge in [-0.05, 0) is 73.3 Å². The molecule has 0 saturated carbocycles. The SMILES string of the molecule is CCc1cccc(CC)c1NC(=S)NCCc1c(C)[nH]c2ccc(OC)cc12. The third-order valence-corrected chi connectivity index (χ3v) is 5.47. The summed E-state index contributed by atoms with van der Waals surface area (Å²) in [5.41, 5.74) is 7.36. The van der Waals surface area contributed by atoms with Crippen molar-refractivity contribution in [2.75, 3.05) is 19.0 Å². The lowest BCUT2D eigenvalue weighted by Gasteiger charge is -2.17. The molecule has 3 N–H and O–H groups in total. The van der Waals surface area contributed by atoms with E-state index in [1.807, 2.05) is 6.07 Å². The molecule has 0 bridgehead atoms. The normalized spacial score (nSPS) is 10.9. The van der Waals surface area contributed by atoms with Gasteiger partial charge in [0.05, 0.1) is 7.11 Å². The van der Waals surface area contributed by atoms with E-state index in [2.05, 4.69) is 66.7 Å². The van der Waals surface area contributed by atoms with E-state index < -0.39 is 0 Å². The van der Waals surface area contributed by atoms with E-state index in [-0.39, 0.29) is 0 Å². The fourth-order valence-corrected chi connectivity index (χ4v) is 3.88. The lowest BCUT2D eigenvalue weighted by molar-refractivity contribution is 0.415. The minimum Gasteiger partial charge on any atom is -0.497 e. The van der Waals surface area contributed by atoms with E-state index in [1.165, 1.54) is 27.8 Å². The van der Waals surface area contributed by atoms with Crippen molar-refractivity contribution in [1.29, 1.82) is 0 Å². The summed E-state index contributed by atoms with van der Waals surface area (Å²) in [4.78, 5) is 3.45. The summed E-state index contributed by atoms with van der Waals surface area (Å²) in [6.45, 7) is 7.23. The number of ether oxygens (including phenoxy) is 1. The number of nitrogens with one attached hydrogen (secondary N) is 3. The molecule has 28 heavy (non-hydrogen) atoms. The van der Waals surface area contributed by atoms with E-state index in [0.717, 1.165) is 42.8 Å². The van der Waals surface area contributed by atoms with Crippen LogP contribution in [0.15, 0.2) is 36.4 Å². The second-order valence-corrected chi connectivity index (χ2v) is 7.34. The zero-order valence-corrected chi connectivity index (χ0v) is 17.9. The maximum atomic E-state index is 5.56. The minimum absolute atomic E-state index is 0.672. The molecule has 3 rings (SSSR count). The fourth-order valence-electron chi connectivity index (χ4n) is 3.67. The summed E-state index contributed by atoms with van der Waals surface area (Å²) in [5, 5.41) is 8.67. The van der Waals surface area contributed by atoms with Crippen LogP contribution < -0.4 is 15.4 Å². The first kappa shape index (κ1) is 20.2. The van der Waals surface area contributed by atoms with Crippen molar-refractivity contribution < 1.29 is 4.74 Å². The average Bonchev–Trinajstić information content (AvgIpc) is 3.02. The van der Waals surface area contributed by atoms with Gasteiger partial charge in [-0.25, -0.2) is 0 Å². The van der Waals surface area contributed by atoms with E-state index in [4.69, 9.17) is 17.0 Å². The molecule has 0 atom stereocenters. The van der Waals surface area contributed by atoms with Gasteiger partial charge >= 0.3 is 0 Å². The second kappa shape index (κ2) is 9.11. The van der Waals surface area contributed by atoms with Crippen molar-refractivity contribution in [3.05, 3.63) is 58.8 Å². The molecule has 2 aromatic carbocycles. The molecule has 0 radical (unpaired) electrons. The van der Waals surface area contributed by atoms with Crippen molar-refractivity contribution in [3.8, 4) is 5.75 Å². The van der Waals surface area contributed by atoms with Crippen molar-refractivity contribution >= 4 is 33.9 Å². The minimum atomic E-state index is 0.672. The predicted molar refractivity (Wildman–Crippen MR) is 123 cm³/mol. The molecule has 0 aliphatic heterocycles. The summed E-state index contributed by atoms with van der Waals surface area (Å²) in [6, 6.07) is 12.6. The molecule has 5 heteroatoms. The number of thiocarbonyl (C=S) groups is 1. The number of benzene rings is 2. The number of hydrogen-bond acceptors (Lipinski definition) is 2. The lowest BCUT2D eigenvalue weighted by Crippen LogP contribution is -2.31. The molecule has 148 valence electrons. The molecule has 0 saturated heterocycles.